The molecule has 2 aromatic rings. The minimum Gasteiger partial charge on any atom is -0.356 e. The van der Waals surface area contributed by atoms with E-state index < -0.39 is 23.9 Å². The summed E-state index contributed by atoms with van der Waals surface area (Å²) < 4.78 is 27.8. The van der Waals surface area contributed by atoms with E-state index in [-0.39, 0.29) is 5.56 Å². The van der Waals surface area contributed by atoms with Gasteiger partial charge in [-0.2, -0.15) is 8.78 Å². The highest BCUT2D eigenvalue weighted by Gasteiger charge is 2.31. The third-order valence-corrected chi connectivity index (χ3v) is 5.57. The molecule has 166 valence electrons. The van der Waals surface area contributed by atoms with Crippen LogP contribution in [-0.2, 0) is 5.92 Å². The normalized spacial score (nSPS) is 16.8. The molecule has 1 saturated heterocycles. The Hall–Kier alpha value is -3.49. The van der Waals surface area contributed by atoms with E-state index in [2.05, 4.69) is 20.3 Å². The fraction of sp³-hybridized carbons (Fsp3) is 0.348. The average molecular weight is 438 g/mol. The number of pyridine rings is 2. The van der Waals surface area contributed by atoms with E-state index in [1.807, 2.05) is 4.90 Å². The number of hydrogen-bond acceptors (Lipinski definition) is 5. The molecule has 0 unspecified atom stereocenters. The van der Waals surface area contributed by atoms with Crippen LogP contribution in [0.15, 0.2) is 41.8 Å². The summed E-state index contributed by atoms with van der Waals surface area (Å²) in [5.41, 5.74) is 2.63. The Morgan fingerprint density at radius 3 is 2.81 bits per heavy atom. The lowest BCUT2D eigenvalue weighted by Crippen LogP contribution is -2.35. The Morgan fingerprint density at radius 2 is 2.06 bits per heavy atom. The summed E-state index contributed by atoms with van der Waals surface area (Å²) in [6, 6.07) is 4.27. The van der Waals surface area contributed by atoms with Crippen molar-refractivity contribution in [2.24, 2.45) is 4.99 Å². The number of nitrogens with zero attached hydrogens (tertiary/aromatic N) is 4. The summed E-state index contributed by atoms with van der Waals surface area (Å²) in [4.78, 5) is 26.8. The molecule has 0 bridgehead atoms. The Balaban J connectivity index is 1.39. The Kier molecular flexibility index (Phi) is 6.07. The van der Waals surface area contributed by atoms with Gasteiger partial charge in [-0.3, -0.25) is 25.2 Å². The van der Waals surface area contributed by atoms with Gasteiger partial charge in [0.25, 0.3) is 11.8 Å². The number of fused-ring (bicyclic) bond motifs is 1. The molecule has 0 aromatic carbocycles. The molecule has 0 spiro atoms. The van der Waals surface area contributed by atoms with Gasteiger partial charge in [0.1, 0.15) is 11.5 Å². The van der Waals surface area contributed by atoms with Crippen molar-refractivity contribution >= 4 is 29.2 Å². The molecule has 0 saturated carbocycles. The molecule has 2 aromatic heterocycles. The van der Waals surface area contributed by atoms with Gasteiger partial charge in [-0.05, 0) is 37.5 Å². The second-order valence-electron chi connectivity index (χ2n) is 7.82. The number of amides is 1. The van der Waals surface area contributed by atoms with Crippen LogP contribution in [0.1, 0.15) is 59.9 Å². The lowest BCUT2D eigenvalue weighted by atomic mass is 10.1. The number of hydrogen-bond donors (Lipinski definition) is 2. The number of aliphatic imine (C=N–C) groups is 1. The van der Waals surface area contributed by atoms with Crippen LogP contribution in [0, 0.1) is 5.41 Å². The van der Waals surface area contributed by atoms with E-state index in [1.165, 1.54) is 38.0 Å². The number of anilines is 1. The van der Waals surface area contributed by atoms with E-state index in [1.54, 1.807) is 12.3 Å². The Bertz CT molecular complexity index is 1110. The van der Waals surface area contributed by atoms with Gasteiger partial charge < -0.3 is 10.2 Å². The molecule has 2 aliphatic rings. The van der Waals surface area contributed by atoms with Gasteiger partial charge in [0.2, 0.25) is 0 Å². The predicted molar refractivity (Wildman–Crippen MR) is 119 cm³/mol. The first-order valence-corrected chi connectivity index (χ1v) is 10.6. The molecule has 1 aliphatic heterocycles. The first kappa shape index (κ1) is 21.7. The quantitative estimate of drug-likeness (QED) is 0.439. The molecule has 1 fully saturated rings. The van der Waals surface area contributed by atoms with Crippen LogP contribution in [0.3, 0.4) is 0 Å². The highest BCUT2D eigenvalue weighted by atomic mass is 19.3. The smallest absolute Gasteiger partial charge is 0.289 e. The molecule has 1 amide bonds. The second-order valence-corrected chi connectivity index (χ2v) is 7.82. The minimum atomic E-state index is -3.08. The molecule has 2 N–H and O–H groups in total. The fourth-order valence-corrected chi connectivity index (χ4v) is 3.57. The molecular weight excluding hydrogens is 414 g/mol. The second kappa shape index (κ2) is 8.94. The Morgan fingerprint density at radius 1 is 1.28 bits per heavy atom. The molecule has 3 heterocycles. The van der Waals surface area contributed by atoms with Crippen LogP contribution in [-0.4, -0.2) is 45.9 Å². The van der Waals surface area contributed by atoms with Crippen LogP contribution in [0.2, 0.25) is 0 Å². The maximum atomic E-state index is 13.9. The van der Waals surface area contributed by atoms with Gasteiger partial charge in [-0.1, -0.05) is 6.92 Å². The van der Waals surface area contributed by atoms with Crippen molar-refractivity contribution in [1.82, 2.24) is 14.9 Å². The van der Waals surface area contributed by atoms with Crippen LogP contribution >= 0.6 is 0 Å². The highest BCUT2D eigenvalue weighted by molar-refractivity contribution is 6.28. The number of halogens is 2. The van der Waals surface area contributed by atoms with Crippen molar-refractivity contribution in [1.29, 1.82) is 5.41 Å². The van der Waals surface area contributed by atoms with E-state index in [0.717, 1.165) is 48.8 Å². The summed E-state index contributed by atoms with van der Waals surface area (Å²) in [6.45, 7) is 3.15. The van der Waals surface area contributed by atoms with Crippen molar-refractivity contribution in [3.05, 3.63) is 59.3 Å². The standard InChI is InChI=1S/C23H24F2N6O/c1-2-23(24,25)19-10-15(6-7-28-19)22(32)30-16-11-17-18(21(17)29-12-16)13-27-14-20(26)31-8-4-3-5-9-31/h6-7,10-14,26H,2-5,8-9H2,1H3,(H,30,32)/b18-13-,26-20?,27-14-. The van der Waals surface area contributed by atoms with Gasteiger partial charge in [-0.25, -0.2) is 0 Å². The SMILES string of the molecule is CCC(F)(F)c1cc(C(=O)Nc2cnc3c(c2)/C3=C/N=C\C(=N)N2CCCCC2)ccn1. The fourth-order valence-electron chi connectivity index (χ4n) is 3.57. The molecule has 0 atom stereocenters. The number of rotatable bonds is 6. The summed E-state index contributed by atoms with van der Waals surface area (Å²) in [5.74, 6) is -3.20. The van der Waals surface area contributed by atoms with Gasteiger partial charge in [0.15, 0.2) is 0 Å². The number of piperidine rings is 1. The van der Waals surface area contributed by atoms with E-state index >= 15 is 0 Å². The lowest BCUT2D eigenvalue weighted by Gasteiger charge is -2.26. The number of nitrogens with one attached hydrogen (secondary N) is 2. The largest absolute Gasteiger partial charge is 0.356 e. The van der Waals surface area contributed by atoms with Crippen molar-refractivity contribution in [2.75, 3.05) is 18.4 Å². The first-order chi connectivity index (χ1) is 15.4. The lowest BCUT2D eigenvalue weighted by molar-refractivity contribution is -0.0128. The van der Waals surface area contributed by atoms with Gasteiger partial charge in [0, 0.05) is 48.6 Å². The number of alkyl halides is 2. The van der Waals surface area contributed by atoms with Crippen LogP contribution in [0.4, 0.5) is 14.5 Å². The molecular formula is C23H24F2N6O. The zero-order chi connectivity index (χ0) is 22.7. The van der Waals surface area contributed by atoms with Crippen molar-refractivity contribution in [3.63, 3.8) is 0 Å². The van der Waals surface area contributed by atoms with E-state index in [9.17, 15) is 13.6 Å². The summed E-state index contributed by atoms with van der Waals surface area (Å²) >= 11 is 0. The third kappa shape index (κ3) is 4.71. The molecule has 0 radical (unpaired) electrons. The maximum Gasteiger partial charge on any atom is 0.289 e. The number of likely N-dealkylation sites (tertiary alicyclic amines) is 1. The summed E-state index contributed by atoms with van der Waals surface area (Å²) in [5, 5.41) is 10.8. The molecule has 1 aliphatic carbocycles. The van der Waals surface area contributed by atoms with E-state index in [4.69, 9.17) is 5.41 Å². The summed E-state index contributed by atoms with van der Waals surface area (Å²) in [7, 11) is 0. The Labute approximate surface area is 184 Å². The van der Waals surface area contributed by atoms with Gasteiger partial charge in [0.05, 0.1) is 23.8 Å². The van der Waals surface area contributed by atoms with Crippen LogP contribution in [0.5, 0.6) is 0 Å². The minimum absolute atomic E-state index is 0.101. The maximum absolute atomic E-state index is 13.9. The number of carbonyl (C=O) groups is 1. The van der Waals surface area contributed by atoms with Crippen molar-refractivity contribution in [2.45, 2.75) is 38.5 Å². The first-order valence-electron chi connectivity index (χ1n) is 10.6. The average Bonchev–Trinajstić information content (AvgIpc) is 3.51. The van der Waals surface area contributed by atoms with Crippen LogP contribution < -0.4 is 5.32 Å². The number of amidine groups is 1. The topological polar surface area (TPSA) is 94.3 Å². The number of aromatic nitrogens is 2. The zero-order valence-corrected chi connectivity index (χ0v) is 17.7. The van der Waals surface area contributed by atoms with Gasteiger partial charge in [-0.15, -0.1) is 0 Å². The molecule has 7 nitrogen and oxygen atoms in total. The number of carbonyl (C=O) groups excluding carboxylic acids is 1. The summed E-state index contributed by atoms with van der Waals surface area (Å²) in [6.07, 6.45) is 8.93. The molecule has 9 heteroatoms. The molecule has 4 rings (SSSR count). The molecule has 32 heavy (non-hydrogen) atoms. The zero-order valence-electron chi connectivity index (χ0n) is 17.7. The van der Waals surface area contributed by atoms with E-state index in [0.29, 0.717) is 11.5 Å². The van der Waals surface area contributed by atoms with Crippen LogP contribution in [0.25, 0.3) is 5.57 Å². The monoisotopic (exact) mass is 438 g/mol. The van der Waals surface area contributed by atoms with Crippen molar-refractivity contribution < 1.29 is 13.6 Å². The predicted octanol–water partition coefficient (Wildman–Crippen LogP) is 4.47. The van der Waals surface area contributed by atoms with Crippen molar-refractivity contribution in [3.8, 4) is 0 Å². The van der Waals surface area contributed by atoms with Gasteiger partial charge >= 0.3 is 0 Å². The highest BCUT2D eigenvalue weighted by Crippen LogP contribution is 2.41. The third-order valence-electron chi connectivity index (χ3n) is 5.57.